The predicted molar refractivity (Wildman–Crippen MR) is 94.6 cm³/mol. The Labute approximate surface area is 136 Å². The van der Waals surface area contributed by atoms with Crippen LogP contribution in [-0.2, 0) is 4.79 Å². The summed E-state index contributed by atoms with van der Waals surface area (Å²) in [7, 11) is 0. The third-order valence-corrected chi connectivity index (χ3v) is 3.91. The van der Waals surface area contributed by atoms with Gasteiger partial charge in [-0.05, 0) is 50.1 Å². The maximum Gasteiger partial charge on any atom is 0.261 e. The van der Waals surface area contributed by atoms with Gasteiger partial charge in [-0.3, -0.25) is 9.79 Å². The average Bonchev–Trinajstić information content (AvgIpc) is 2.84. The van der Waals surface area contributed by atoms with Crippen LogP contribution in [0.5, 0.6) is 0 Å². The topological polar surface area (TPSA) is 45.0 Å². The average molecular weight is 305 g/mol. The molecule has 3 rings (SSSR count). The van der Waals surface area contributed by atoms with Gasteiger partial charge in [-0.25, -0.2) is 0 Å². The van der Waals surface area contributed by atoms with Crippen LogP contribution in [0.15, 0.2) is 58.6 Å². The summed E-state index contributed by atoms with van der Waals surface area (Å²) < 4.78 is 0. The first-order valence-corrected chi connectivity index (χ1v) is 7.62. The molecular weight excluding hydrogens is 286 g/mol. The molecule has 0 N–H and O–H groups in total. The lowest BCUT2D eigenvalue weighted by molar-refractivity contribution is -0.118. The minimum absolute atomic E-state index is 0.0669. The Balaban J connectivity index is 1.85. The van der Waals surface area contributed by atoms with Crippen molar-refractivity contribution in [3.63, 3.8) is 0 Å². The molecule has 1 aliphatic heterocycles. The molecule has 4 heteroatoms. The molecule has 2 aromatic rings. The molecule has 23 heavy (non-hydrogen) atoms. The second kappa shape index (κ2) is 6.16. The number of nitrogens with zero attached hydrogens (tertiary/aromatic N) is 3. The Kier molecular flexibility index (Phi) is 4.06. The fourth-order valence-electron chi connectivity index (χ4n) is 2.52. The van der Waals surface area contributed by atoms with Gasteiger partial charge < -0.3 is 0 Å². The number of carbonyl (C=O) groups excluding carboxylic acids is 1. The first kappa shape index (κ1) is 15.2. The summed E-state index contributed by atoms with van der Waals surface area (Å²) >= 11 is 0. The maximum absolute atomic E-state index is 12.6. The second-order valence-electron chi connectivity index (χ2n) is 5.77. The zero-order chi connectivity index (χ0) is 16.4. The lowest BCUT2D eigenvalue weighted by Gasteiger charge is -2.12. The molecule has 2 aromatic carbocycles. The van der Waals surface area contributed by atoms with Crippen molar-refractivity contribution in [2.45, 2.75) is 20.8 Å². The van der Waals surface area contributed by atoms with Crippen molar-refractivity contribution in [2.24, 2.45) is 16.0 Å². The molecule has 116 valence electrons. The predicted octanol–water partition coefficient (Wildman–Crippen LogP) is 4.04. The summed E-state index contributed by atoms with van der Waals surface area (Å²) in [5.41, 5.74) is 4.67. The van der Waals surface area contributed by atoms with E-state index in [4.69, 9.17) is 0 Å². The number of amides is 1. The van der Waals surface area contributed by atoms with Crippen LogP contribution >= 0.6 is 0 Å². The molecule has 0 fully saturated rings. The normalized spacial score (nSPS) is 17.9. The molecule has 0 aliphatic carbocycles. The number of anilines is 1. The van der Waals surface area contributed by atoms with E-state index in [1.54, 1.807) is 6.21 Å². The number of hydrogen-bond donors (Lipinski definition) is 0. The fraction of sp³-hybridized carbons (Fsp3) is 0.211. The molecule has 0 bridgehead atoms. The van der Waals surface area contributed by atoms with Gasteiger partial charge in [0.05, 0.1) is 17.1 Å². The third kappa shape index (κ3) is 3.06. The summed E-state index contributed by atoms with van der Waals surface area (Å²) in [5.74, 6) is -0.474. The van der Waals surface area contributed by atoms with Crippen molar-refractivity contribution in [3.05, 3.63) is 59.7 Å². The largest absolute Gasteiger partial charge is 0.271 e. The van der Waals surface area contributed by atoms with Crippen LogP contribution in [0.4, 0.5) is 11.4 Å². The number of carbonyl (C=O) groups is 1. The number of hydrogen-bond acceptors (Lipinski definition) is 3. The molecular formula is C19H19N3O. The molecule has 4 nitrogen and oxygen atoms in total. The summed E-state index contributed by atoms with van der Waals surface area (Å²) in [5, 5.41) is 5.84. The first-order chi connectivity index (χ1) is 11.1. The summed E-state index contributed by atoms with van der Waals surface area (Å²) in [4.78, 5) is 17.1. The van der Waals surface area contributed by atoms with Crippen LogP contribution in [0.3, 0.4) is 0 Å². The Morgan fingerprint density at radius 2 is 1.83 bits per heavy atom. The highest BCUT2D eigenvalue weighted by Gasteiger charge is 2.33. The number of aryl methyl sites for hydroxylation is 2. The number of hydrazone groups is 1. The highest BCUT2D eigenvalue weighted by Crippen LogP contribution is 2.24. The Bertz CT molecular complexity index is 794. The van der Waals surface area contributed by atoms with Crippen molar-refractivity contribution in [1.29, 1.82) is 0 Å². The summed E-state index contributed by atoms with van der Waals surface area (Å²) in [6.07, 6.45) is 1.70. The van der Waals surface area contributed by atoms with Gasteiger partial charge in [0.15, 0.2) is 0 Å². The van der Waals surface area contributed by atoms with E-state index in [1.165, 1.54) is 5.01 Å². The van der Waals surface area contributed by atoms with Crippen LogP contribution < -0.4 is 5.01 Å². The van der Waals surface area contributed by atoms with E-state index in [9.17, 15) is 4.79 Å². The van der Waals surface area contributed by atoms with Gasteiger partial charge in [0.2, 0.25) is 0 Å². The van der Waals surface area contributed by atoms with Crippen molar-refractivity contribution >= 4 is 29.2 Å². The van der Waals surface area contributed by atoms with E-state index in [-0.39, 0.29) is 5.91 Å². The van der Waals surface area contributed by atoms with E-state index in [2.05, 4.69) is 16.2 Å². The molecule has 1 atom stereocenters. The molecule has 0 aromatic heterocycles. The zero-order valence-electron chi connectivity index (χ0n) is 13.5. The highest BCUT2D eigenvalue weighted by atomic mass is 16.2. The molecule has 0 saturated heterocycles. The Morgan fingerprint density at radius 3 is 2.57 bits per heavy atom. The van der Waals surface area contributed by atoms with E-state index in [1.807, 2.05) is 63.2 Å². The van der Waals surface area contributed by atoms with E-state index >= 15 is 0 Å². The standard InChI is InChI=1S/C19H19N3O/c1-13-9-10-14(2)18(11-13)20-12-17-15(3)21-22(19(17)23)16-7-5-4-6-8-16/h4-12,17H,1-3H3/t17-/m1/s1. The number of aliphatic imine (C=N–C) groups is 1. The van der Waals surface area contributed by atoms with Crippen LogP contribution in [0.2, 0.25) is 0 Å². The minimum Gasteiger partial charge on any atom is -0.271 e. The molecule has 0 spiro atoms. The van der Waals surface area contributed by atoms with Gasteiger partial charge in [0.1, 0.15) is 5.92 Å². The van der Waals surface area contributed by atoms with E-state index < -0.39 is 5.92 Å². The van der Waals surface area contributed by atoms with Gasteiger partial charge in [0.25, 0.3) is 5.91 Å². The molecule has 1 amide bonds. The van der Waals surface area contributed by atoms with Crippen molar-refractivity contribution < 1.29 is 4.79 Å². The van der Waals surface area contributed by atoms with Crippen LogP contribution in [0.25, 0.3) is 0 Å². The van der Waals surface area contributed by atoms with Crippen molar-refractivity contribution in [2.75, 3.05) is 5.01 Å². The molecule has 1 aliphatic rings. The van der Waals surface area contributed by atoms with Crippen molar-refractivity contribution in [3.8, 4) is 0 Å². The monoisotopic (exact) mass is 305 g/mol. The zero-order valence-corrected chi connectivity index (χ0v) is 13.5. The minimum atomic E-state index is -0.407. The van der Waals surface area contributed by atoms with E-state index in [0.29, 0.717) is 0 Å². The van der Waals surface area contributed by atoms with Gasteiger partial charge in [-0.1, -0.05) is 30.3 Å². The van der Waals surface area contributed by atoms with Crippen LogP contribution in [-0.4, -0.2) is 17.8 Å². The number of para-hydroxylation sites is 1. The fourth-order valence-corrected chi connectivity index (χ4v) is 2.52. The van der Waals surface area contributed by atoms with Crippen molar-refractivity contribution in [1.82, 2.24) is 0 Å². The smallest absolute Gasteiger partial charge is 0.261 e. The molecule has 0 unspecified atom stereocenters. The summed E-state index contributed by atoms with van der Waals surface area (Å²) in [6, 6.07) is 15.6. The van der Waals surface area contributed by atoms with Gasteiger partial charge in [0, 0.05) is 6.21 Å². The van der Waals surface area contributed by atoms with Crippen LogP contribution in [0, 0.1) is 19.8 Å². The van der Waals surface area contributed by atoms with Gasteiger partial charge in [-0.15, -0.1) is 0 Å². The molecule has 0 saturated carbocycles. The Hall–Kier alpha value is -2.75. The Morgan fingerprint density at radius 1 is 1.09 bits per heavy atom. The lowest BCUT2D eigenvalue weighted by Crippen LogP contribution is -2.27. The molecule has 1 heterocycles. The van der Waals surface area contributed by atoms with Gasteiger partial charge in [-0.2, -0.15) is 10.1 Å². The quantitative estimate of drug-likeness (QED) is 0.789. The SMILES string of the molecule is CC1=NN(c2ccccc2)C(=O)[C@@H]1C=Nc1cc(C)ccc1C. The number of rotatable bonds is 3. The summed E-state index contributed by atoms with van der Waals surface area (Å²) in [6.45, 7) is 5.91. The van der Waals surface area contributed by atoms with E-state index in [0.717, 1.165) is 28.2 Å². The maximum atomic E-state index is 12.6. The molecule has 0 radical (unpaired) electrons. The second-order valence-corrected chi connectivity index (χ2v) is 5.77. The van der Waals surface area contributed by atoms with Crippen LogP contribution in [0.1, 0.15) is 18.1 Å². The first-order valence-electron chi connectivity index (χ1n) is 7.62. The van der Waals surface area contributed by atoms with Gasteiger partial charge >= 0.3 is 0 Å². The lowest BCUT2D eigenvalue weighted by atomic mass is 10.1. The highest BCUT2D eigenvalue weighted by molar-refractivity contribution is 6.23. The third-order valence-electron chi connectivity index (χ3n) is 3.91. The number of benzene rings is 2.